The molecule has 1 amide bonds. The van der Waals surface area contributed by atoms with Crippen molar-refractivity contribution in [2.45, 2.75) is 32.2 Å². The van der Waals surface area contributed by atoms with E-state index in [-0.39, 0.29) is 24.7 Å². The molecule has 0 spiro atoms. The highest BCUT2D eigenvalue weighted by atomic mass is 35.5. The first-order valence-corrected chi connectivity index (χ1v) is 6.36. The molecule has 2 rings (SSSR count). The van der Waals surface area contributed by atoms with Gasteiger partial charge in [0.05, 0.1) is 11.8 Å². The second-order valence-electron chi connectivity index (χ2n) is 5.16. The molecule has 8 heteroatoms. The van der Waals surface area contributed by atoms with Crippen LogP contribution in [0, 0.1) is 0 Å². The average molecular weight is 315 g/mol. The Labute approximate surface area is 128 Å². The van der Waals surface area contributed by atoms with Gasteiger partial charge in [-0.3, -0.25) is 4.79 Å². The molecular formula is C13H19ClN4O3. The van der Waals surface area contributed by atoms with Gasteiger partial charge in [-0.1, -0.05) is 5.16 Å². The van der Waals surface area contributed by atoms with Crippen molar-refractivity contribution in [2.75, 3.05) is 6.54 Å². The van der Waals surface area contributed by atoms with Gasteiger partial charge in [0.15, 0.2) is 0 Å². The third-order valence-electron chi connectivity index (χ3n) is 2.80. The van der Waals surface area contributed by atoms with E-state index >= 15 is 0 Å². The average Bonchev–Trinajstić information content (AvgIpc) is 3.06. The number of aryl methyl sites for hydroxylation is 1. The molecule has 7 nitrogen and oxygen atoms in total. The highest BCUT2D eigenvalue weighted by molar-refractivity contribution is 5.85. The summed E-state index contributed by atoms with van der Waals surface area (Å²) < 4.78 is 10.0. The van der Waals surface area contributed by atoms with E-state index in [0.717, 1.165) is 5.56 Å². The molecule has 2 aromatic rings. The lowest BCUT2D eigenvalue weighted by Gasteiger charge is -2.23. The summed E-state index contributed by atoms with van der Waals surface area (Å²) in [5.74, 6) is 0.780. The van der Waals surface area contributed by atoms with Gasteiger partial charge >= 0.3 is 0 Å². The third-order valence-corrected chi connectivity index (χ3v) is 2.80. The van der Waals surface area contributed by atoms with Crippen molar-refractivity contribution in [3.8, 4) is 11.4 Å². The molecule has 116 valence electrons. The Kier molecular flexibility index (Phi) is 5.92. The molecule has 0 saturated heterocycles. The van der Waals surface area contributed by atoms with E-state index in [0.29, 0.717) is 24.7 Å². The molecule has 2 aromatic heterocycles. The molecule has 0 aliphatic rings. The number of carbonyl (C=O) groups is 1. The number of nitrogens with two attached hydrogens (primary N) is 1. The number of nitrogens with one attached hydrogen (secondary N) is 1. The molecule has 0 aliphatic carbocycles. The van der Waals surface area contributed by atoms with Crippen molar-refractivity contribution >= 4 is 18.3 Å². The van der Waals surface area contributed by atoms with Crippen LogP contribution in [0.1, 0.15) is 26.2 Å². The monoisotopic (exact) mass is 314 g/mol. The number of hydrogen-bond acceptors (Lipinski definition) is 6. The highest BCUT2D eigenvalue weighted by Gasteiger charge is 2.18. The SMILES string of the molecule is CC(C)(CN)NC(=O)CCc1nc(-c2ccoc2)no1.Cl. The topological polar surface area (TPSA) is 107 Å². The van der Waals surface area contributed by atoms with Crippen LogP contribution in [0.4, 0.5) is 0 Å². The number of rotatable bonds is 6. The van der Waals surface area contributed by atoms with Crippen LogP contribution in [0.25, 0.3) is 11.4 Å². The zero-order valence-corrected chi connectivity index (χ0v) is 12.8. The van der Waals surface area contributed by atoms with Crippen LogP contribution in [-0.2, 0) is 11.2 Å². The number of carbonyl (C=O) groups excluding carboxylic acids is 1. The van der Waals surface area contributed by atoms with Crippen molar-refractivity contribution in [3.05, 3.63) is 24.5 Å². The van der Waals surface area contributed by atoms with E-state index in [9.17, 15) is 4.79 Å². The predicted octanol–water partition coefficient (Wildman–Crippen LogP) is 1.54. The summed E-state index contributed by atoms with van der Waals surface area (Å²) in [7, 11) is 0. The molecule has 0 atom stereocenters. The summed E-state index contributed by atoms with van der Waals surface area (Å²) in [6.07, 6.45) is 3.73. The molecule has 2 heterocycles. The second kappa shape index (κ2) is 7.24. The maximum absolute atomic E-state index is 11.8. The maximum atomic E-state index is 11.8. The van der Waals surface area contributed by atoms with Gasteiger partial charge in [0.25, 0.3) is 0 Å². The molecule has 0 bridgehead atoms. The molecule has 0 unspecified atom stereocenters. The lowest BCUT2D eigenvalue weighted by Crippen LogP contribution is -2.48. The molecule has 0 fully saturated rings. The van der Waals surface area contributed by atoms with E-state index in [4.69, 9.17) is 14.7 Å². The molecule has 3 N–H and O–H groups in total. The van der Waals surface area contributed by atoms with Crippen molar-refractivity contribution < 1.29 is 13.7 Å². The minimum Gasteiger partial charge on any atom is -0.472 e. The number of hydrogen-bond donors (Lipinski definition) is 2. The number of aromatic nitrogens is 2. The first-order valence-electron chi connectivity index (χ1n) is 6.36. The largest absolute Gasteiger partial charge is 0.472 e. The van der Waals surface area contributed by atoms with Crippen LogP contribution in [0.15, 0.2) is 27.5 Å². The zero-order valence-electron chi connectivity index (χ0n) is 12.0. The van der Waals surface area contributed by atoms with Gasteiger partial charge in [-0.15, -0.1) is 12.4 Å². The van der Waals surface area contributed by atoms with Gasteiger partial charge in [-0.25, -0.2) is 0 Å². The Morgan fingerprint density at radius 2 is 2.24 bits per heavy atom. The minimum atomic E-state index is -0.409. The van der Waals surface area contributed by atoms with Crippen LogP contribution < -0.4 is 11.1 Å². The number of amides is 1. The first-order chi connectivity index (χ1) is 9.50. The maximum Gasteiger partial charge on any atom is 0.227 e. The summed E-state index contributed by atoms with van der Waals surface area (Å²) in [5.41, 5.74) is 5.89. The van der Waals surface area contributed by atoms with Crippen molar-refractivity contribution in [1.29, 1.82) is 0 Å². The summed E-state index contributed by atoms with van der Waals surface area (Å²) >= 11 is 0. The molecule has 0 aromatic carbocycles. The van der Waals surface area contributed by atoms with Crippen LogP contribution >= 0.6 is 12.4 Å². The van der Waals surface area contributed by atoms with E-state index < -0.39 is 5.54 Å². The molecule has 0 saturated carbocycles. The normalized spacial score (nSPS) is 11.0. The molecule has 0 radical (unpaired) electrons. The fourth-order valence-corrected chi connectivity index (χ4v) is 1.58. The smallest absolute Gasteiger partial charge is 0.227 e. The Morgan fingerprint density at radius 3 is 2.86 bits per heavy atom. The van der Waals surface area contributed by atoms with Gasteiger partial charge in [-0.2, -0.15) is 4.98 Å². The van der Waals surface area contributed by atoms with E-state index in [1.807, 2.05) is 13.8 Å². The van der Waals surface area contributed by atoms with Crippen LogP contribution in [0.5, 0.6) is 0 Å². The quantitative estimate of drug-likeness (QED) is 0.837. The summed E-state index contributed by atoms with van der Waals surface area (Å²) in [5, 5.41) is 6.67. The van der Waals surface area contributed by atoms with Crippen molar-refractivity contribution in [3.63, 3.8) is 0 Å². The third kappa shape index (κ3) is 4.87. The van der Waals surface area contributed by atoms with Gasteiger partial charge in [0, 0.05) is 24.9 Å². The van der Waals surface area contributed by atoms with E-state index in [1.54, 1.807) is 6.07 Å². The predicted molar refractivity (Wildman–Crippen MR) is 78.8 cm³/mol. The molecule has 21 heavy (non-hydrogen) atoms. The Hall–Kier alpha value is -1.86. The fourth-order valence-electron chi connectivity index (χ4n) is 1.58. The van der Waals surface area contributed by atoms with E-state index in [2.05, 4.69) is 15.5 Å². The Morgan fingerprint density at radius 1 is 1.48 bits per heavy atom. The van der Waals surface area contributed by atoms with Crippen molar-refractivity contribution in [2.24, 2.45) is 5.73 Å². The lowest BCUT2D eigenvalue weighted by molar-refractivity contribution is -0.122. The van der Waals surface area contributed by atoms with Gasteiger partial charge in [-0.05, 0) is 19.9 Å². The fraction of sp³-hybridized carbons (Fsp3) is 0.462. The number of furan rings is 1. The zero-order chi connectivity index (χ0) is 14.6. The second-order valence-corrected chi connectivity index (χ2v) is 5.16. The van der Waals surface area contributed by atoms with Crippen LogP contribution in [0.3, 0.4) is 0 Å². The highest BCUT2D eigenvalue weighted by Crippen LogP contribution is 2.16. The summed E-state index contributed by atoms with van der Waals surface area (Å²) in [6.45, 7) is 4.12. The first kappa shape index (κ1) is 17.2. The Balaban J connectivity index is 0.00000220. The standard InChI is InChI=1S/C13H18N4O3.ClH/c1-13(2,8-14)16-10(18)3-4-11-15-12(17-20-11)9-5-6-19-7-9;/h5-7H,3-4,8,14H2,1-2H3,(H,16,18);1H. The Bertz CT molecular complexity index is 566. The van der Waals surface area contributed by atoms with Gasteiger partial charge < -0.3 is 20.0 Å². The van der Waals surface area contributed by atoms with Gasteiger partial charge in [0.2, 0.25) is 17.6 Å². The summed E-state index contributed by atoms with van der Waals surface area (Å²) in [4.78, 5) is 16.0. The van der Waals surface area contributed by atoms with Gasteiger partial charge in [0.1, 0.15) is 6.26 Å². The van der Waals surface area contributed by atoms with E-state index in [1.165, 1.54) is 12.5 Å². The van der Waals surface area contributed by atoms with Crippen LogP contribution in [-0.4, -0.2) is 28.1 Å². The molecule has 0 aliphatic heterocycles. The van der Waals surface area contributed by atoms with Crippen LogP contribution in [0.2, 0.25) is 0 Å². The number of nitrogens with zero attached hydrogens (tertiary/aromatic N) is 2. The lowest BCUT2D eigenvalue weighted by atomic mass is 10.1. The van der Waals surface area contributed by atoms with Crippen molar-refractivity contribution in [1.82, 2.24) is 15.5 Å². The summed E-state index contributed by atoms with van der Waals surface area (Å²) in [6, 6.07) is 1.74. The molecular weight excluding hydrogens is 296 g/mol. The number of halogens is 1. The minimum absolute atomic E-state index is 0.